The lowest BCUT2D eigenvalue weighted by Crippen LogP contribution is -2.21. The highest BCUT2D eigenvalue weighted by Crippen LogP contribution is 2.09. The van der Waals surface area contributed by atoms with Crippen molar-refractivity contribution in [2.45, 2.75) is 39.8 Å². The Kier molecular flexibility index (Phi) is 6.89. The summed E-state index contributed by atoms with van der Waals surface area (Å²) in [5, 5.41) is 3.33. The molecule has 1 heterocycles. The van der Waals surface area contributed by atoms with Gasteiger partial charge in [0.2, 0.25) is 0 Å². The lowest BCUT2D eigenvalue weighted by atomic mass is 10.1. The van der Waals surface area contributed by atoms with Crippen LogP contribution in [0, 0.1) is 5.92 Å². The second kappa shape index (κ2) is 8.25. The minimum atomic E-state index is 0.715. The number of rotatable bonds is 9. The molecule has 0 spiro atoms. The van der Waals surface area contributed by atoms with E-state index >= 15 is 0 Å². The van der Waals surface area contributed by atoms with E-state index < -0.39 is 0 Å². The molecule has 0 saturated heterocycles. The van der Waals surface area contributed by atoms with Crippen LogP contribution in [0.15, 0.2) is 12.4 Å². The molecular weight excluding hydrogens is 214 g/mol. The molecule has 0 aromatic carbocycles. The smallest absolute Gasteiger partial charge is 0.122 e. The van der Waals surface area contributed by atoms with Crippen molar-refractivity contribution in [2.24, 2.45) is 5.92 Å². The minimum absolute atomic E-state index is 0.715. The Morgan fingerprint density at radius 3 is 3.06 bits per heavy atom. The molecule has 98 valence electrons. The quantitative estimate of drug-likeness (QED) is 0.670. The van der Waals surface area contributed by atoms with E-state index in [1.807, 2.05) is 6.20 Å². The second-order valence-corrected chi connectivity index (χ2v) is 4.56. The topological polar surface area (TPSA) is 39.1 Å². The molecule has 0 bridgehead atoms. The molecule has 1 atom stereocenters. The summed E-state index contributed by atoms with van der Waals surface area (Å²) in [6.45, 7) is 8.02. The molecule has 0 aliphatic carbocycles. The van der Waals surface area contributed by atoms with Gasteiger partial charge < -0.3 is 14.6 Å². The third-order valence-electron chi connectivity index (χ3n) is 2.86. The van der Waals surface area contributed by atoms with Gasteiger partial charge in [-0.3, -0.25) is 0 Å². The fraction of sp³-hybridized carbons (Fsp3) is 0.769. The highest BCUT2D eigenvalue weighted by Gasteiger charge is 2.06. The summed E-state index contributed by atoms with van der Waals surface area (Å²) < 4.78 is 7.25. The average molecular weight is 239 g/mol. The predicted molar refractivity (Wildman–Crippen MR) is 69.9 cm³/mol. The second-order valence-electron chi connectivity index (χ2n) is 4.56. The number of imidazole rings is 1. The molecule has 1 unspecified atom stereocenters. The predicted octanol–water partition coefficient (Wildman–Crippen LogP) is 2.06. The molecule has 0 aliphatic heterocycles. The van der Waals surface area contributed by atoms with Crippen LogP contribution in [-0.2, 0) is 17.8 Å². The monoisotopic (exact) mass is 239 g/mol. The number of aromatic nitrogens is 2. The van der Waals surface area contributed by atoms with E-state index in [0.29, 0.717) is 5.92 Å². The Hall–Kier alpha value is -0.870. The molecule has 4 nitrogen and oxygen atoms in total. The molecule has 1 aromatic heterocycles. The van der Waals surface area contributed by atoms with Gasteiger partial charge in [-0.05, 0) is 12.3 Å². The van der Waals surface area contributed by atoms with Crippen LogP contribution < -0.4 is 5.32 Å². The molecule has 0 amide bonds. The van der Waals surface area contributed by atoms with E-state index in [-0.39, 0.29) is 0 Å². The molecule has 0 fully saturated rings. The summed E-state index contributed by atoms with van der Waals surface area (Å²) in [7, 11) is 1.72. The van der Waals surface area contributed by atoms with Gasteiger partial charge in [0.05, 0.1) is 13.2 Å². The van der Waals surface area contributed by atoms with Crippen molar-refractivity contribution in [1.82, 2.24) is 14.9 Å². The molecule has 0 saturated carbocycles. The highest BCUT2D eigenvalue weighted by molar-refractivity contribution is 4.92. The van der Waals surface area contributed by atoms with Crippen molar-refractivity contribution in [3.63, 3.8) is 0 Å². The number of hydrogen-bond donors (Lipinski definition) is 1. The number of ether oxygens (including phenoxy) is 1. The van der Waals surface area contributed by atoms with E-state index in [1.54, 1.807) is 7.11 Å². The third kappa shape index (κ3) is 5.33. The molecule has 0 radical (unpaired) electrons. The molecule has 17 heavy (non-hydrogen) atoms. The summed E-state index contributed by atoms with van der Waals surface area (Å²) >= 11 is 0. The van der Waals surface area contributed by atoms with Crippen LogP contribution in [0.1, 0.15) is 32.5 Å². The Labute approximate surface area is 104 Å². The van der Waals surface area contributed by atoms with Crippen LogP contribution in [0.2, 0.25) is 0 Å². The van der Waals surface area contributed by atoms with Crippen LogP contribution in [0.5, 0.6) is 0 Å². The van der Waals surface area contributed by atoms with Crippen molar-refractivity contribution in [3.05, 3.63) is 18.2 Å². The van der Waals surface area contributed by atoms with Crippen molar-refractivity contribution in [3.8, 4) is 0 Å². The van der Waals surface area contributed by atoms with Gasteiger partial charge in [0.15, 0.2) is 0 Å². The number of methoxy groups -OCH3 is 1. The molecule has 1 rings (SSSR count). The lowest BCUT2D eigenvalue weighted by Gasteiger charge is -2.13. The Morgan fingerprint density at radius 1 is 1.53 bits per heavy atom. The molecular formula is C13H25N3O. The van der Waals surface area contributed by atoms with E-state index in [0.717, 1.165) is 32.1 Å². The first kappa shape index (κ1) is 14.2. The summed E-state index contributed by atoms with van der Waals surface area (Å²) in [5.74, 6) is 1.83. The molecule has 4 heteroatoms. The van der Waals surface area contributed by atoms with Gasteiger partial charge >= 0.3 is 0 Å². The highest BCUT2D eigenvalue weighted by atomic mass is 16.5. The fourth-order valence-corrected chi connectivity index (χ4v) is 1.97. The van der Waals surface area contributed by atoms with E-state index in [2.05, 4.69) is 34.9 Å². The SMILES string of the molecule is CCCC(C)Cn1ccnc1CNCCOC. The number of nitrogens with zero attached hydrogens (tertiary/aromatic N) is 2. The Balaban J connectivity index is 2.37. The first-order valence-electron chi connectivity index (χ1n) is 6.47. The van der Waals surface area contributed by atoms with Gasteiger partial charge in [-0.25, -0.2) is 4.98 Å². The van der Waals surface area contributed by atoms with Crippen molar-refractivity contribution >= 4 is 0 Å². The van der Waals surface area contributed by atoms with Crippen molar-refractivity contribution in [1.29, 1.82) is 0 Å². The standard InChI is InChI=1S/C13H25N3O/c1-4-5-12(2)11-16-8-6-15-13(16)10-14-7-9-17-3/h6,8,12,14H,4-5,7,9-11H2,1-3H3. The van der Waals surface area contributed by atoms with Crippen molar-refractivity contribution < 1.29 is 4.74 Å². The molecule has 0 aliphatic rings. The van der Waals surface area contributed by atoms with Gasteiger partial charge in [-0.2, -0.15) is 0 Å². The summed E-state index contributed by atoms with van der Waals surface area (Å²) in [6, 6.07) is 0. The van der Waals surface area contributed by atoms with E-state index in [9.17, 15) is 0 Å². The average Bonchev–Trinajstić information content (AvgIpc) is 2.72. The van der Waals surface area contributed by atoms with Crippen LogP contribution in [0.3, 0.4) is 0 Å². The summed E-state index contributed by atoms with van der Waals surface area (Å²) in [5.41, 5.74) is 0. The zero-order chi connectivity index (χ0) is 12.5. The first-order chi connectivity index (χ1) is 8.27. The lowest BCUT2D eigenvalue weighted by molar-refractivity contribution is 0.198. The largest absolute Gasteiger partial charge is 0.383 e. The normalized spacial score (nSPS) is 12.9. The molecule has 1 N–H and O–H groups in total. The van der Waals surface area contributed by atoms with Gasteiger partial charge in [-0.15, -0.1) is 0 Å². The first-order valence-corrected chi connectivity index (χ1v) is 6.47. The number of hydrogen-bond acceptors (Lipinski definition) is 3. The fourth-order valence-electron chi connectivity index (χ4n) is 1.97. The maximum absolute atomic E-state index is 5.00. The molecule has 1 aromatic rings. The Morgan fingerprint density at radius 2 is 2.35 bits per heavy atom. The maximum atomic E-state index is 5.00. The van der Waals surface area contributed by atoms with E-state index in [1.165, 1.54) is 12.8 Å². The van der Waals surface area contributed by atoms with Crippen molar-refractivity contribution in [2.75, 3.05) is 20.3 Å². The zero-order valence-corrected chi connectivity index (χ0v) is 11.3. The summed E-state index contributed by atoms with van der Waals surface area (Å²) in [4.78, 5) is 4.39. The van der Waals surface area contributed by atoms with Crippen LogP contribution in [-0.4, -0.2) is 29.8 Å². The van der Waals surface area contributed by atoms with Crippen LogP contribution in [0.4, 0.5) is 0 Å². The summed E-state index contributed by atoms with van der Waals surface area (Å²) in [6.07, 6.45) is 6.47. The van der Waals surface area contributed by atoms with Gasteiger partial charge in [0.1, 0.15) is 5.82 Å². The van der Waals surface area contributed by atoms with Gasteiger partial charge in [-0.1, -0.05) is 20.3 Å². The zero-order valence-electron chi connectivity index (χ0n) is 11.3. The maximum Gasteiger partial charge on any atom is 0.122 e. The van der Waals surface area contributed by atoms with Gasteiger partial charge in [0.25, 0.3) is 0 Å². The Bertz CT molecular complexity index is 299. The van der Waals surface area contributed by atoms with E-state index in [4.69, 9.17) is 4.74 Å². The van der Waals surface area contributed by atoms with Crippen LogP contribution >= 0.6 is 0 Å². The number of nitrogens with one attached hydrogen (secondary N) is 1. The third-order valence-corrected chi connectivity index (χ3v) is 2.86. The van der Waals surface area contributed by atoms with Gasteiger partial charge in [0, 0.05) is 32.6 Å². The minimum Gasteiger partial charge on any atom is -0.383 e. The van der Waals surface area contributed by atoms with Crippen LogP contribution in [0.25, 0.3) is 0 Å².